The summed E-state index contributed by atoms with van der Waals surface area (Å²) in [5.41, 5.74) is 0.543. The maximum atomic E-state index is 14.0. The Morgan fingerprint density at radius 1 is 1.12 bits per heavy atom. The van der Waals surface area contributed by atoms with Crippen LogP contribution in [-0.2, 0) is 42.7 Å². The molecule has 10 nitrogen and oxygen atoms in total. The molecule has 214 valence electrons. The fourth-order valence-electron chi connectivity index (χ4n) is 6.69. The highest BCUT2D eigenvalue weighted by Gasteiger charge is 2.58. The van der Waals surface area contributed by atoms with Crippen LogP contribution in [0.3, 0.4) is 0 Å². The Labute approximate surface area is 234 Å². The molecule has 2 aliphatic heterocycles. The molecule has 7 rings (SSSR count). The number of thiophene rings is 1. The van der Waals surface area contributed by atoms with E-state index in [1.807, 2.05) is 0 Å². The molecular formula is C25H26F2N4O6S3. The number of ketones is 1. The first-order valence-corrected chi connectivity index (χ1v) is 17.0. The van der Waals surface area contributed by atoms with Crippen molar-refractivity contribution >= 4 is 53.9 Å². The number of carbonyl (C=O) groups is 2. The summed E-state index contributed by atoms with van der Waals surface area (Å²) in [4.78, 5) is 29.3. The molecule has 15 heteroatoms. The summed E-state index contributed by atoms with van der Waals surface area (Å²) >= 11 is 0.997. The van der Waals surface area contributed by atoms with Gasteiger partial charge in [-0.15, -0.1) is 15.7 Å². The number of amides is 1. The average Bonchev–Trinajstić information content (AvgIpc) is 3.31. The topological polar surface area (TPSA) is 142 Å². The van der Waals surface area contributed by atoms with Crippen LogP contribution < -0.4 is 10.0 Å². The molecule has 1 aromatic heterocycles. The Morgan fingerprint density at radius 2 is 1.82 bits per heavy atom. The summed E-state index contributed by atoms with van der Waals surface area (Å²) < 4.78 is 83.4. The Bertz CT molecular complexity index is 1660. The van der Waals surface area contributed by atoms with Crippen molar-refractivity contribution in [3.05, 3.63) is 46.3 Å². The zero-order chi connectivity index (χ0) is 28.6. The van der Waals surface area contributed by atoms with Crippen LogP contribution in [-0.4, -0.2) is 51.6 Å². The number of hydrogen-bond acceptors (Lipinski definition) is 8. The number of piperidine rings is 1. The summed E-state index contributed by atoms with van der Waals surface area (Å²) in [7, 11) is -7.98. The molecule has 0 radical (unpaired) electrons. The zero-order valence-corrected chi connectivity index (χ0v) is 23.7. The van der Waals surface area contributed by atoms with Crippen molar-refractivity contribution in [3.63, 3.8) is 0 Å². The second-order valence-corrected chi connectivity index (χ2v) is 15.1. The first-order chi connectivity index (χ1) is 18.8. The molecule has 0 spiro atoms. The molecule has 40 heavy (non-hydrogen) atoms. The van der Waals surface area contributed by atoms with Gasteiger partial charge in [0.2, 0.25) is 15.9 Å². The molecule has 1 unspecified atom stereocenters. The second kappa shape index (κ2) is 9.67. The summed E-state index contributed by atoms with van der Waals surface area (Å²) in [6, 6.07) is 2.98. The minimum absolute atomic E-state index is 0.0253. The van der Waals surface area contributed by atoms with Crippen molar-refractivity contribution in [2.75, 3.05) is 11.6 Å². The number of rotatable bonds is 6. The number of nitrogens with one attached hydrogen (secondary N) is 2. The fourth-order valence-corrected chi connectivity index (χ4v) is 9.75. The number of halogens is 2. The van der Waals surface area contributed by atoms with E-state index in [4.69, 9.17) is 0 Å². The van der Waals surface area contributed by atoms with Crippen molar-refractivity contribution < 1.29 is 35.2 Å². The SMILES string of the molecule is CS(=O)(=O)NCc1csc2c1S(=O)(=O)N=C(C1C(=O)[C@@H]3C4CCC(CC4)[C@@H]3N(Cc3ccc(F)c(F)c3)C1=O)N2. The predicted octanol–water partition coefficient (Wildman–Crippen LogP) is 2.62. The molecule has 5 aliphatic rings. The van der Waals surface area contributed by atoms with Gasteiger partial charge in [0.25, 0.3) is 10.0 Å². The zero-order valence-electron chi connectivity index (χ0n) is 21.3. The number of fused-ring (bicyclic) bond motifs is 3. The Hall–Kier alpha value is -2.75. The average molecular weight is 613 g/mol. The molecule has 1 aromatic carbocycles. The van der Waals surface area contributed by atoms with Gasteiger partial charge in [-0.3, -0.25) is 9.59 Å². The number of benzene rings is 1. The van der Waals surface area contributed by atoms with Crippen LogP contribution in [0.4, 0.5) is 13.8 Å². The van der Waals surface area contributed by atoms with Gasteiger partial charge in [-0.2, -0.15) is 8.42 Å². The predicted molar refractivity (Wildman–Crippen MR) is 142 cm³/mol. The summed E-state index contributed by atoms with van der Waals surface area (Å²) in [5, 5.41) is 4.48. The summed E-state index contributed by atoms with van der Waals surface area (Å²) in [5.74, 6) is -5.31. The molecule has 1 saturated heterocycles. The monoisotopic (exact) mass is 612 g/mol. The number of amidine groups is 1. The van der Waals surface area contributed by atoms with E-state index in [2.05, 4.69) is 14.4 Å². The number of likely N-dealkylation sites (tertiary alicyclic amines) is 1. The fraction of sp³-hybridized carbons (Fsp3) is 0.480. The summed E-state index contributed by atoms with van der Waals surface area (Å²) in [6.45, 7) is -0.331. The summed E-state index contributed by atoms with van der Waals surface area (Å²) in [6.07, 6.45) is 4.29. The molecule has 1 amide bonds. The van der Waals surface area contributed by atoms with Gasteiger partial charge in [-0.25, -0.2) is 21.9 Å². The minimum Gasteiger partial charge on any atom is -0.333 e. The third-order valence-corrected chi connectivity index (χ3v) is 11.5. The van der Waals surface area contributed by atoms with Crippen molar-refractivity contribution in [1.29, 1.82) is 0 Å². The molecule has 3 heterocycles. The van der Waals surface area contributed by atoms with Crippen molar-refractivity contribution in [2.24, 2.45) is 28.1 Å². The van der Waals surface area contributed by atoms with Crippen LogP contribution in [0, 0.1) is 35.3 Å². The second-order valence-electron chi connectivity index (χ2n) is 10.8. The van der Waals surface area contributed by atoms with Crippen LogP contribution in [0.5, 0.6) is 0 Å². The van der Waals surface area contributed by atoms with Gasteiger partial charge < -0.3 is 10.2 Å². The molecule has 2 aromatic rings. The maximum absolute atomic E-state index is 14.0. The molecular weight excluding hydrogens is 586 g/mol. The lowest BCUT2D eigenvalue weighted by molar-refractivity contribution is -0.162. The molecule has 3 saturated carbocycles. The number of sulfonamides is 2. The number of nitrogens with zero attached hydrogens (tertiary/aromatic N) is 2. The van der Waals surface area contributed by atoms with Crippen LogP contribution >= 0.6 is 11.3 Å². The van der Waals surface area contributed by atoms with Crippen molar-refractivity contribution in [1.82, 2.24) is 9.62 Å². The highest BCUT2D eigenvalue weighted by atomic mass is 32.2. The Kier molecular flexibility index (Phi) is 6.63. The van der Waals surface area contributed by atoms with Crippen LogP contribution in [0.25, 0.3) is 0 Å². The van der Waals surface area contributed by atoms with Gasteiger partial charge in [0, 0.05) is 30.6 Å². The van der Waals surface area contributed by atoms with E-state index in [0.717, 1.165) is 55.4 Å². The lowest BCUT2D eigenvalue weighted by Gasteiger charge is -2.55. The van der Waals surface area contributed by atoms with E-state index in [9.17, 15) is 35.2 Å². The maximum Gasteiger partial charge on any atom is 0.287 e. The smallest absolute Gasteiger partial charge is 0.287 e. The van der Waals surface area contributed by atoms with E-state index < -0.39 is 55.5 Å². The van der Waals surface area contributed by atoms with Gasteiger partial charge in [-0.1, -0.05) is 6.07 Å². The van der Waals surface area contributed by atoms with E-state index >= 15 is 0 Å². The highest BCUT2D eigenvalue weighted by molar-refractivity contribution is 7.91. The van der Waals surface area contributed by atoms with Gasteiger partial charge in [0.15, 0.2) is 23.3 Å². The van der Waals surface area contributed by atoms with E-state index in [-0.39, 0.29) is 52.0 Å². The quantitative estimate of drug-likeness (QED) is 0.478. The first-order valence-electron chi connectivity index (χ1n) is 12.8. The molecule has 2 N–H and O–H groups in total. The van der Waals surface area contributed by atoms with E-state index in [1.165, 1.54) is 16.3 Å². The van der Waals surface area contributed by atoms with Crippen LogP contribution in [0.15, 0.2) is 32.9 Å². The third-order valence-electron chi connectivity index (χ3n) is 8.35. The minimum atomic E-state index is -4.38. The highest BCUT2D eigenvalue weighted by Crippen LogP contribution is 2.51. The van der Waals surface area contributed by atoms with Crippen molar-refractivity contribution in [3.8, 4) is 0 Å². The molecule has 3 atom stereocenters. The number of hydrogen-bond donors (Lipinski definition) is 2. The normalized spacial score (nSPS) is 29.0. The van der Waals surface area contributed by atoms with Gasteiger partial charge in [0.05, 0.1) is 6.26 Å². The Morgan fingerprint density at radius 3 is 2.50 bits per heavy atom. The van der Waals surface area contributed by atoms with Gasteiger partial charge in [0.1, 0.15) is 15.7 Å². The number of anilines is 1. The van der Waals surface area contributed by atoms with Crippen LogP contribution in [0.2, 0.25) is 0 Å². The van der Waals surface area contributed by atoms with Crippen molar-refractivity contribution in [2.45, 2.75) is 49.7 Å². The van der Waals surface area contributed by atoms with E-state index in [1.54, 1.807) is 0 Å². The Balaban J connectivity index is 1.37. The number of Topliss-reactive ketones (excluding diaryl/α,β-unsaturated/α-hetero) is 1. The van der Waals surface area contributed by atoms with E-state index in [0.29, 0.717) is 5.56 Å². The first kappa shape index (κ1) is 27.4. The third kappa shape index (κ3) is 4.65. The number of carbonyl (C=O) groups excluding carboxylic acids is 2. The van der Waals surface area contributed by atoms with Crippen LogP contribution in [0.1, 0.15) is 36.8 Å². The standard InChI is InChI=1S/C25H26F2N4O6S3/c1-39(34,35)28-9-15-11-38-24-22(15)40(36,37)30-23(29-24)19-21(32)18-13-3-5-14(6-4-13)20(18)31(25(19)33)10-12-2-7-16(26)17(27)8-12/h2,7-8,11,13-14,18-20,28H,3-6,9-10H2,1H3,(H,29,30)/t13?,14?,18-,19?,20+/m1/s1. The lowest BCUT2D eigenvalue weighted by Crippen LogP contribution is -2.66. The van der Waals surface area contributed by atoms with Gasteiger partial charge in [-0.05, 0) is 60.6 Å². The largest absolute Gasteiger partial charge is 0.333 e. The molecule has 2 bridgehead atoms. The van der Waals surface area contributed by atoms with Gasteiger partial charge >= 0.3 is 0 Å². The molecule has 3 aliphatic carbocycles. The lowest BCUT2D eigenvalue weighted by atomic mass is 9.57. The molecule has 4 fully saturated rings.